The number of hydrogen-bond donors (Lipinski definition) is 3. The third-order valence-corrected chi connectivity index (χ3v) is 3.98. The molecule has 6 nitrogen and oxygen atoms in total. The lowest BCUT2D eigenvalue weighted by atomic mass is 10.2. The first-order chi connectivity index (χ1) is 11.0. The SMILES string of the molecule is CC(NC(=O)c1cccs1)C(=O)NNC(=O)c1cccc(Cl)c1. The Morgan fingerprint density at radius 2 is 1.87 bits per heavy atom. The van der Waals surface area contributed by atoms with Crippen LogP contribution >= 0.6 is 22.9 Å². The highest BCUT2D eigenvalue weighted by Crippen LogP contribution is 2.10. The molecule has 1 heterocycles. The summed E-state index contributed by atoms with van der Waals surface area (Å²) in [5, 5.41) is 4.73. The van der Waals surface area contributed by atoms with Gasteiger partial charge in [0.15, 0.2) is 0 Å². The second kappa shape index (κ2) is 7.75. The highest BCUT2D eigenvalue weighted by atomic mass is 35.5. The first kappa shape index (κ1) is 17.0. The van der Waals surface area contributed by atoms with Gasteiger partial charge < -0.3 is 5.32 Å². The second-order valence-corrected chi connectivity index (χ2v) is 6.01. The van der Waals surface area contributed by atoms with Crippen LogP contribution in [-0.4, -0.2) is 23.8 Å². The molecule has 3 amide bonds. The summed E-state index contributed by atoms with van der Waals surface area (Å²) < 4.78 is 0. The van der Waals surface area contributed by atoms with Crippen molar-refractivity contribution in [2.24, 2.45) is 0 Å². The molecule has 0 bridgehead atoms. The van der Waals surface area contributed by atoms with Gasteiger partial charge in [-0.2, -0.15) is 0 Å². The van der Waals surface area contributed by atoms with E-state index in [0.29, 0.717) is 15.5 Å². The Morgan fingerprint density at radius 1 is 1.09 bits per heavy atom. The molecule has 0 aliphatic heterocycles. The van der Waals surface area contributed by atoms with Crippen LogP contribution in [0.25, 0.3) is 0 Å². The maximum absolute atomic E-state index is 11.9. The first-order valence-corrected chi connectivity index (χ1v) is 7.93. The molecule has 0 radical (unpaired) electrons. The Kier molecular flexibility index (Phi) is 5.72. The van der Waals surface area contributed by atoms with E-state index in [9.17, 15) is 14.4 Å². The molecule has 1 atom stereocenters. The normalized spacial score (nSPS) is 11.4. The molecule has 1 aromatic heterocycles. The zero-order valence-corrected chi connectivity index (χ0v) is 13.7. The van der Waals surface area contributed by atoms with Crippen molar-refractivity contribution in [2.45, 2.75) is 13.0 Å². The summed E-state index contributed by atoms with van der Waals surface area (Å²) >= 11 is 7.07. The molecule has 23 heavy (non-hydrogen) atoms. The topological polar surface area (TPSA) is 87.3 Å². The smallest absolute Gasteiger partial charge is 0.269 e. The van der Waals surface area contributed by atoms with Gasteiger partial charge in [0.25, 0.3) is 17.7 Å². The summed E-state index contributed by atoms with van der Waals surface area (Å²) in [5.41, 5.74) is 4.84. The predicted octanol–water partition coefficient (Wildman–Crippen LogP) is 1.98. The largest absolute Gasteiger partial charge is 0.340 e. The lowest BCUT2D eigenvalue weighted by Crippen LogP contribution is -2.51. The number of halogens is 1. The molecule has 0 spiro atoms. The van der Waals surface area contributed by atoms with Crippen molar-refractivity contribution in [3.05, 3.63) is 57.2 Å². The van der Waals surface area contributed by atoms with Gasteiger partial charge in [0, 0.05) is 10.6 Å². The number of carbonyl (C=O) groups is 3. The number of thiophene rings is 1. The molecule has 2 rings (SSSR count). The molecule has 0 saturated heterocycles. The zero-order chi connectivity index (χ0) is 16.8. The van der Waals surface area contributed by atoms with Crippen LogP contribution in [0.1, 0.15) is 27.0 Å². The molecular weight excluding hydrogens is 338 g/mol. The van der Waals surface area contributed by atoms with Crippen LogP contribution in [0, 0.1) is 0 Å². The van der Waals surface area contributed by atoms with Crippen molar-refractivity contribution in [1.29, 1.82) is 0 Å². The highest BCUT2D eigenvalue weighted by Gasteiger charge is 2.17. The second-order valence-electron chi connectivity index (χ2n) is 4.63. The Morgan fingerprint density at radius 3 is 2.52 bits per heavy atom. The number of benzene rings is 1. The number of nitrogens with one attached hydrogen (secondary N) is 3. The summed E-state index contributed by atoms with van der Waals surface area (Å²) in [6.45, 7) is 1.52. The van der Waals surface area contributed by atoms with E-state index >= 15 is 0 Å². The molecule has 120 valence electrons. The van der Waals surface area contributed by atoms with Crippen LogP contribution in [0.3, 0.4) is 0 Å². The average Bonchev–Trinajstić information content (AvgIpc) is 3.06. The summed E-state index contributed by atoms with van der Waals surface area (Å²) in [5.74, 6) is -1.38. The van der Waals surface area contributed by atoms with Gasteiger partial charge in [0.1, 0.15) is 6.04 Å². The van der Waals surface area contributed by atoms with E-state index in [1.165, 1.54) is 24.3 Å². The van der Waals surface area contributed by atoms with E-state index in [2.05, 4.69) is 16.2 Å². The molecule has 0 aliphatic carbocycles. The Labute approximate surface area is 141 Å². The summed E-state index contributed by atoms with van der Waals surface area (Å²) in [7, 11) is 0. The van der Waals surface area contributed by atoms with Crippen molar-refractivity contribution < 1.29 is 14.4 Å². The molecule has 0 fully saturated rings. The van der Waals surface area contributed by atoms with E-state index < -0.39 is 17.9 Å². The average molecular weight is 352 g/mol. The van der Waals surface area contributed by atoms with Gasteiger partial charge in [-0.05, 0) is 36.6 Å². The van der Waals surface area contributed by atoms with Gasteiger partial charge >= 0.3 is 0 Å². The van der Waals surface area contributed by atoms with E-state index in [4.69, 9.17) is 11.6 Å². The zero-order valence-electron chi connectivity index (χ0n) is 12.1. The summed E-state index contributed by atoms with van der Waals surface area (Å²) in [4.78, 5) is 36.1. The van der Waals surface area contributed by atoms with Crippen LogP contribution in [0.15, 0.2) is 41.8 Å². The van der Waals surface area contributed by atoms with Crippen molar-refractivity contribution >= 4 is 40.7 Å². The number of amides is 3. The van der Waals surface area contributed by atoms with Gasteiger partial charge in [-0.25, -0.2) is 0 Å². The molecule has 1 aromatic carbocycles. The Hall–Kier alpha value is -2.38. The number of carbonyl (C=O) groups excluding carboxylic acids is 3. The third-order valence-electron chi connectivity index (χ3n) is 2.87. The fourth-order valence-corrected chi connectivity index (χ4v) is 2.49. The predicted molar refractivity (Wildman–Crippen MR) is 88.3 cm³/mol. The van der Waals surface area contributed by atoms with Gasteiger partial charge in [-0.15, -0.1) is 11.3 Å². The molecule has 8 heteroatoms. The van der Waals surface area contributed by atoms with Crippen LogP contribution in [0.4, 0.5) is 0 Å². The summed E-state index contributed by atoms with van der Waals surface area (Å²) in [6, 6.07) is 8.91. The lowest BCUT2D eigenvalue weighted by Gasteiger charge is -2.14. The maximum atomic E-state index is 11.9. The van der Waals surface area contributed by atoms with Crippen molar-refractivity contribution in [2.75, 3.05) is 0 Å². The van der Waals surface area contributed by atoms with Gasteiger partial charge in [0.05, 0.1) is 4.88 Å². The van der Waals surface area contributed by atoms with Gasteiger partial charge in [0.2, 0.25) is 0 Å². The number of rotatable bonds is 4. The van der Waals surface area contributed by atoms with Crippen LogP contribution in [0.5, 0.6) is 0 Å². The van der Waals surface area contributed by atoms with E-state index in [1.54, 1.807) is 35.7 Å². The standard InChI is InChI=1S/C15H14ClN3O3S/c1-9(17-15(22)12-6-3-7-23-12)13(20)18-19-14(21)10-4-2-5-11(16)8-10/h2-9H,1H3,(H,17,22)(H,18,20)(H,19,21). The molecule has 0 saturated carbocycles. The summed E-state index contributed by atoms with van der Waals surface area (Å²) in [6.07, 6.45) is 0. The minimum atomic E-state index is -0.802. The van der Waals surface area contributed by atoms with E-state index in [0.717, 1.165) is 0 Å². The van der Waals surface area contributed by atoms with Crippen LogP contribution in [0.2, 0.25) is 5.02 Å². The van der Waals surface area contributed by atoms with Crippen LogP contribution in [-0.2, 0) is 4.79 Å². The molecule has 3 N–H and O–H groups in total. The maximum Gasteiger partial charge on any atom is 0.269 e. The molecule has 2 aromatic rings. The Bertz CT molecular complexity index is 719. The quantitative estimate of drug-likeness (QED) is 0.736. The fraction of sp³-hybridized carbons (Fsp3) is 0.133. The van der Waals surface area contributed by atoms with Crippen molar-refractivity contribution in [3.8, 4) is 0 Å². The molecule has 0 aliphatic rings. The monoisotopic (exact) mass is 351 g/mol. The molecule has 1 unspecified atom stereocenters. The van der Waals surface area contributed by atoms with Crippen molar-refractivity contribution in [3.63, 3.8) is 0 Å². The minimum Gasteiger partial charge on any atom is -0.340 e. The highest BCUT2D eigenvalue weighted by molar-refractivity contribution is 7.12. The van der Waals surface area contributed by atoms with Crippen molar-refractivity contribution in [1.82, 2.24) is 16.2 Å². The van der Waals surface area contributed by atoms with E-state index in [-0.39, 0.29) is 5.91 Å². The number of hydrogen-bond acceptors (Lipinski definition) is 4. The number of hydrazine groups is 1. The first-order valence-electron chi connectivity index (χ1n) is 6.67. The molecular formula is C15H14ClN3O3S. The van der Waals surface area contributed by atoms with E-state index in [1.807, 2.05) is 0 Å². The van der Waals surface area contributed by atoms with Gasteiger partial charge in [-0.3, -0.25) is 25.2 Å². The third kappa shape index (κ3) is 4.80. The lowest BCUT2D eigenvalue weighted by molar-refractivity contribution is -0.123. The Balaban J connectivity index is 1.84. The fourth-order valence-electron chi connectivity index (χ4n) is 1.67. The minimum absolute atomic E-state index is 0.313. The van der Waals surface area contributed by atoms with Crippen LogP contribution < -0.4 is 16.2 Å². The van der Waals surface area contributed by atoms with Gasteiger partial charge in [-0.1, -0.05) is 23.7 Å².